The fourth-order valence-corrected chi connectivity index (χ4v) is 2.79. The van der Waals surface area contributed by atoms with Gasteiger partial charge < -0.3 is 9.13 Å². The first-order chi connectivity index (χ1) is 12.6. The molecular formula is C18H20N6O2. The molecule has 0 amide bonds. The van der Waals surface area contributed by atoms with E-state index in [0.29, 0.717) is 11.3 Å². The van der Waals surface area contributed by atoms with Gasteiger partial charge in [-0.05, 0) is 35.9 Å². The second-order valence-corrected chi connectivity index (χ2v) is 5.92. The monoisotopic (exact) mass is 352 g/mol. The summed E-state index contributed by atoms with van der Waals surface area (Å²) in [4.78, 5) is 10.2. The molecule has 134 valence electrons. The normalized spacial score (nSPS) is 12.3. The third-order valence-corrected chi connectivity index (χ3v) is 4.17. The van der Waals surface area contributed by atoms with Crippen molar-refractivity contribution in [1.29, 1.82) is 0 Å². The van der Waals surface area contributed by atoms with Crippen molar-refractivity contribution in [1.82, 2.24) is 9.13 Å². The molecule has 0 fully saturated rings. The Morgan fingerprint density at radius 1 is 1.08 bits per heavy atom. The maximum absolute atomic E-state index is 10.7. The number of rotatable bonds is 6. The van der Waals surface area contributed by atoms with Crippen molar-refractivity contribution < 1.29 is 4.92 Å². The van der Waals surface area contributed by atoms with Crippen LogP contribution in [0.3, 0.4) is 0 Å². The second-order valence-electron chi connectivity index (χ2n) is 5.92. The van der Waals surface area contributed by atoms with Crippen LogP contribution >= 0.6 is 0 Å². The maximum Gasteiger partial charge on any atom is 0.269 e. The first-order valence-electron chi connectivity index (χ1n) is 8.45. The van der Waals surface area contributed by atoms with Crippen molar-refractivity contribution >= 4 is 22.4 Å². The highest BCUT2D eigenvalue weighted by Crippen LogP contribution is 2.18. The van der Waals surface area contributed by atoms with Crippen molar-refractivity contribution in [3.63, 3.8) is 0 Å². The highest BCUT2D eigenvalue weighted by Gasteiger charge is 2.08. The topological polar surface area (TPSA) is 90.1 Å². The molecule has 3 aromatic rings. The molecule has 0 aliphatic heterocycles. The number of nitro benzene ring substituents is 1. The zero-order chi connectivity index (χ0) is 18.5. The van der Waals surface area contributed by atoms with E-state index in [9.17, 15) is 10.1 Å². The maximum atomic E-state index is 10.7. The average molecular weight is 352 g/mol. The van der Waals surface area contributed by atoms with Crippen molar-refractivity contribution in [2.75, 3.05) is 0 Å². The summed E-state index contributed by atoms with van der Waals surface area (Å²) in [6.07, 6.45) is 2.13. The molecule has 3 rings (SSSR count). The second kappa shape index (κ2) is 7.73. The van der Waals surface area contributed by atoms with Crippen molar-refractivity contribution in [3.8, 4) is 0 Å². The summed E-state index contributed by atoms with van der Waals surface area (Å²) in [6, 6.07) is 14.0. The van der Waals surface area contributed by atoms with E-state index in [-0.39, 0.29) is 5.69 Å². The number of hydrogen-bond donors (Lipinski definition) is 0. The minimum Gasteiger partial charge on any atom is -0.312 e. The number of nitro groups is 1. The number of non-ortho nitro benzene ring substituents is 1. The smallest absolute Gasteiger partial charge is 0.269 e. The van der Waals surface area contributed by atoms with E-state index >= 15 is 0 Å². The van der Waals surface area contributed by atoms with E-state index in [1.165, 1.54) is 12.1 Å². The number of aryl methyl sites for hydroxylation is 2. The van der Waals surface area contributed by atoms with E-state index < -0.39 is 4.92 Å². The Morgan fingerprint density at radius 3 is 2.42 bits per heavy atom. The van der Waals surface area contributed by atoms with E-state index in [4.69, 9.17) is 0 Å². The van der Waals surface area contributed by atoms with Gasteiger partial charge in [-0.2, -0.15) is 0 Å². The molecular weight excluding hydrogens is 332 g/mol. The summed E-state index contributed by atoms with van der Waals surface area (Å²) < 4.78 is 4.12. The number of unbranched alkanes of at least 4 members (excludes halogenated alkanes) is 1. The Bertz CT molecular complexity index is 1010. The minimum atomic E-state index is -0.447. The minimum absolute atomic E-state index is 0.0204. The molecule has 0 spiro atoms. The molecule has 1 aromatic heterocycles. The Kier molecular flexibility index (Phi) is 5.21. The summed E-state index contributed by atoms with van der Waals surface area (Å²) in [6.45, 7) is 3.00. The molecule has 0 aliphatic rings. The first kappa shape index (κ1) is 17.5. The van der Waals surface area contributed by atoms with Gasteiger partial charge in [-0.1, -0.05) is 30.6 Å². The van der Waals surface area contributed by atoms with E-state index in [1.807, 2.05) is 29.8 Å². The van der Waals surface area contributed by atoms with Crippen molar-refractivity contribution in [3.05, 3.63) is 64.3 Å². The molecule has 0 saturated heterocycles. The van der Waals surface area contributed by atoms with E-state index in [2.05, 4.69) is 33.0 Å². The van der Waals surface area contributed by atoms with Crippen LogP contribution in [-0.4, -0.2) is 14.1 Å². The lowest BCUT2D eigenvalue weighted by molar-refractivity contribution is -0.384. The Balaban J connectivity index is 1.98. The van der Waals surface area contributed by atoms with Gasteiger partial charge in [-0.15, -0.1) is 5.11 Å². The molecule has 0 radical (unpaired) electrons. The Labute approximate surface area is 150 Å². The van der Waals surface area contributed by atoms with Gasteiger partial charge in [-0.25, -0.2) is 0 Å². The van der Waals surface area contributed by atoms with Crippen LogP contribution in [0, 0.1) is 10.1 Å². The zero-order valence-corrected chi connectivity index (χ0v) is 14.7. The standard InChI is InChI=1S/C18H20N6O2/c1-3-4-13-23-17-8-6-5-7-16(17)22(2)18(23)20-21-19-14-9-11-15(12-10-14)24(25)26/h5-12H,3-4,13H2,1-2H3/b20-18+,21-19?. The summed E-state index contributed by atoms with van der Waals surface area (Å²) in [5.74, 6) is 0. The average Bonchev–Trinajstić information content (AvgIpc) is 2.92. The Hall–Kier alpha value is -3.29. The van der Waals surface area contributed by atoms with E-state index in [1.54, 1.807) is 12.1 Å². The lowest BCUT2D eigenvalue weighted by atomic mass is 10.3. The number of aromatic nitrogens is 2. The lowest BCUT2D eigenvalue weighted by Gasteiger charge is -2.02. The predicted octanol–water partition coefficient (Wildman–Crippen LogP) is 4.29. The zero-order valence-electron chi connectivity index (χ0n) is 14.7. The van der Waals surface area contributed by atoms with Crippen LogP contribution in [0.15, 0.2) is 64.0 Å². The molecule has 1 heterocycles. The van der Waals surface area contributed by atoms with Gasteiger partial charge in [0.2, 0.25) is 5.62 Å². The molecule has 2 aromatic carbocycles. The summed E-state index contributed by atoms with van der Waals surface area (Å²) in [5, 5.41) is 23.0. The number of nitrogens with zero attached hydrogens (tertiary/aromatic N) is 6. The lowest BCUT2D eigenvalue weighted by Crippen LogP contribution is -2.24. The fourth-order valence-electron chi connectivity index (χ4n) is 2.79. The molecule has 0 aliphatic carbocycles. The van der Waals surface area contributed by atoms with Crippen LogP contribution < -0.4 is 5.62 Å². The molecule has 0 bridgehead atoms. The summed E-state index contributed by atoms with van der Waals surface area (Å²) in [5.41, 5.74) is 3.43. The van der Waals surface area contributed by atoms with Gasteiger partial charge in [0.05, 0.1) is 21.6 Å². The number of benzene rings is 2. The quantitative estimate of drug-likeness (QED) is 0.376. The number of imidazole rings is 1. The van der Waals surface area contributed by atoms with Gasteiger partial charge in [0.15, 0.2) is 0 Å². The number of hydrogen-bond acceptors (Lipinski definition) is 4. The highest BCUT2D eigenvalue weighted by atomic mass is 16.6. The summed E-state index contributed by atoms with van der Waals surface area (Å²) >= 11 is 0. The molecule has 26 heavy (non-hydrogen) atoms. The van der Waals surface area contributed by atoms with Crippen LogP contribution in [0.1, 0.15) is 19.8 Å². The number of fused-ring (bicyclic) bond motifs is 1. The number of para-hydroxylation sites is 2. The van der Waals surface area contributed by atoms with Crippen LogP contribution in [0.4, 0.5) is 11.4 Å². The van der Waals surface area contributed by atoms with Gasteiger partial charge in [-0.3, -0.25) is 10.1 Å². The third-order valence-electron chi connectivity index (χ3n) is 4.17. The van der Waals surface area contributed by atoms with Crippen molar-refractivity contribution in [2.45, 2.75) is 26.3 Å². The van der Waals surface area contributed by atoms with Gasteiger partial charge in [0.25, 0.3) is 5.69 Å². The van der Waals surface area contributed by atoms with Gasteiger partial charge in [0, 0.05) is 25.7 Å². The predicted molar refractivity (Wildman–Crippen MR) is 99.0 cm³/mol. The molecule has 8 heteroatoms. The molecule has 8 nitrogen and oxygen atoms in total. The fraction of sp³-hybridized carbons (Fsp3) is 0.278. The largest absolute Gasteiger partial charge is 0.312 e. The molecule has 0 unspecified atom stereocenters. The van der Waals surface area contributed by atoms with Crippen LogP contribution in [-0.2, 0) is 13.6 Å². The van der Waals surface area contributed by atoms with Crippen LogP contribution in [0.2, 0.25) is 0 Å². The van der Waals surface area contributed by atoms with Crippen LogP contribution in [0.5, 0.6) is 0 Å². The van der Waals surface area contributed by atoms with Gasteiger partial charge in [0.1, 0.15) is 0 Å². The Morgan fingerprint density at radius 2 is 1.77 bits per heavy atom. The molecule has 0 saturated carbocycles. The summed E-state index contributed by atoms with van der Waals surface area (Å²) in [7, 11) is 1.95. The van der Waals surface area contributed by atoms with Crippen molar-refractivity contribution in [2.24, 2.45) is 22.5 Å². The first-order valence-corrected chi connectivity index (χ1v) is 8.45. The molecule has 0 N–H and O–H groups in total. The highest BCUT2D eigenvalue weighted by molar-refractivity contribution is 5.75. The van der Waals surface area contributed by atoms with Gasteiger partial charge >= 0.3 is 0 Å². The SMILES string of the molecule is CCCCn1/c(=N/N=Nc2ccc([N+](=O)[O-])cc2)n(C)c2ccccc21. The van der Waals surface area contributed by atoms with Crippen LogP contribution in [0.25, 0.3) is 11.0 Å². The molecule has 0 atom stereocenters. The third kappa shape index (κ3) is 3.53. The van der Waals surface area contributed by atoms with E-state index in [0.717, 1.165) is 30.4 Å².